The standard InChI is InChI=1S/C22H22N2O6/c1-13-11-14(12-30-13)21(25)23-15-5-7-16(8-6-15)24-22(26)17-9-10-18(27-2)20(29-4)19(17)28-3/h5-12H,1-4H3,(H,23,25)(H,24,26). The maximum Gasteiger partial charge on any atom is 0.259 e. The molecule has 2 aromatic carbocycles. The Morgan fingerprint density at radius 2 is 1.40 bits per heavy atom. The zero-order valence-electron chi connectivity index (χ0n) is 17.1. The number of carbonyl (C=O) groups excluding carboxylic acids is 2. The number of hydrogen-bond acceptors (Lipinski definition) is 6. The van der Waals surface area contributed by atoms with Crippen molar-refractivity contribution in [1.82, 2.24) is 0 Å². The first-order valence-electron chi connectivity index (χ1n) is 9.03. The third-order valence-corrected chi connectivity index (χ3v) is 4.34. The van der Waals surface area contributed by atoms with Crippen LogP contribution in [0.25, 0.3) is 0 Å². The summed E-state index contributed by atoms with van der Waals surface area (Å²) < 4.78 is 21.0. The molecule has 0 fully saturated rings. The molecule has 8 heteroatoms. The second-order valence-corrected chi connectivity index (χ2v) is 6.31. The molecule has 0 atom stereocenters. The average molecular weight is 410 g/mol. The largest absolute Gasteiger partial charge is 0.493 e. The summed E-state index contributed by atoms with van der Waals surface area (Å²) in [6.07, 6.45) is 1.40. The highest BCUT2D eigenvalue weighted by Gasteiger charge is 2.20. The van der Waals surface area contributed by atoms with Crippen molar-refractivity contribution in [2.45, 2.75) is 6.92 Å². The molecule has 0 aliphatic heterocycles. The number of ether oxygens (including phenoxy) is 3. The number of carbonyl (C=O) groups is 2. The van der Waals surface area contributed by atoms with Crippen LogP contribution in [0.3, 0.4) is 0 Å². The molecule has 0 radical (unpaired) electrons. The first-order chi connectivity index (χ1) is 14.5. The predicted molar refractivity (Wildman–Crippen MR) is 112 cm³/mol. The van der Waals surface area contributed by atoms with E-state index in [1.807, 2.05) is 0 Å². The van der Waals surface area contributed by atoms with E-state index >= 15 is 0 Å². The molecular formula is C22H22N2O6. The van der Waals surface area contributed by atoms with E-state index in [0.29, 0.717) is 39.8 Å². The summed E-state index contributed by atoms with van der Waals surface area (Å²) >= 11 is 0. The third-order valence-electron chi connectivity index (χ3n) is 4.34. The number of anilines is 2. The molecule has 2 N–H and O–H groups in total. The van der Waals surface area contributed by atoms with Crippen LogP contribution in [0.1, 0.15) is 26.5 Å². The van der Waals surface area contributed by atoms with E-state index in [2.05, 4.69) is 10.6 Å². The minimum absolute atomic E-state index is 0.272. The lowest BCUT2D eigenvalue weighted by molar-refractivity contribution is 0.101. The highest BCUT2D eigenvalue weighted by atomic mass is 16.5. The Balaban J connectivity index is 1.72. The highest BCUT2D eigenvalue weighted by molar-refractivity contribution is 6.07. The van der Waals surface area contributed by atoms with Crippen molar-refractivity contribution in [3.8, 4) is 17.2 Å². The van der Waals surface area contributed by atoms with Crippen molar-refractivity contribution in [1.29, 1.82) is 0 Å². The fourth-order valence-electron chi connectivity index (χ4n) is 2.88. The molecule has 0 saturated heterocycles. The normalized spacial score (nSPS) is 10.3. The van der Waals surface area contributed by atoms with Gasteiger partial charge in [0.1, 0.15) is 12.0 Å². The van der Waals surface area contributed by atoms with Crippen LogP contribution in [0.5, 0.6) is 17.2 Å². The van der Waals surface area contributed by atoms with Crippen molar-refractivity contribution in [2.24, 2.45) is 0 Å². The SMILES string of the molecule is COc1ccc(C(=O)Nc2ccc(NC(=O)c3coc(C)c3)cc2)c(OC)c1OC. The molecule has 0 saturated carbocycles. The minimum atomic E-state index is -0.376. The number of nitrogens with one attached hydrogen (secondary N) is 2. The van der Waals surface area contributed by atoms with Crippen LogP contribution in [-0.2, 0) is 0 Å². The third kappa shape index (κ3) is 4.38. The first-order valence-corrected chi connectivity index (χ1v) is 9.03. The number of amides is 2. The molecule has 1 heterocycles. The number of furan rings is 1. The number of rotatable bonds is 7. The molecule has 3 rings (SSSR count). The molecule has 0 spiro atoms. The summed E-state index contributed by atoms with van der Waals surface area (Å²) in [5.41, 5.74) is 1.86. The van der Waals surface area contributed by atoms with Crippen LogP contribution in [0.15, 0.2) is 53.1 Å². The van der Waals surface area contributed by atoms with Crippen LogP contribution < -0.4 is 24.8 Å². The van der Waals surface area contributed by atoms with Crippen LogP contribution in [-0.4, -0.2) is 33.1 Å². The van der Waals surface area contributed by atoms with Crippen molar-refractivity contribution >= 4 is 23.2 Å². The van der Waals surface area contributed by atoms with Gasteiger partial charge in [-0.05, 0) is 49.4 Å². The van der Waals surface area contributed by atoms with Gasteiger partial charge in [-0.25, -0.2) is 0 Å². The summed E-state index contributed by atoms with van der Waals surface area (Å²) in [4.78, 5) is 24.9. The van der Waals surface area contributed by atoms with Crippen LogP contribution >= 0.6 is 0 Å². The lowest BCUT2D eigenvalue weighted by atomic mass is 10.1. The van der Waals surface area contributed by atoms with Crippen LogP contribution in [0.2, 0.25) is 0 Å². The minimum Gasteiger partial charge on any atom is -0.493 e. The van der Waals surface area contributed by atoms with Gasteiger partial charge in [0.25, 0.3) is 11.8 Å². The summed E-state index contributed by atoms with van der Waals surface area (Å²) in [6, 6.07) is 11.6. The average Bonchev–Trinajstić information content (AvgIpc) is 3.20. The maximum absolute atomic E-state index is 12.7. The van der Waals surface area contributed by atoms with Gasteiger partial charge < -0.3 is 29.3 Å². The number of benzene rings is 2. The second kappa shape index (κ2) is 9.04. The van der Waals surface area contributed by atoms with Crippen molar-refractivity contribution in [2.75, 3.05) is 32.0 Å². The van der Waals surface area contributed by atoms with Gasteiger partial charge in [0, 0.05) is 11.4 Å². The molecule has 8 nitrogen and oxygen atoms in total. The van der Waals surface area contributed by atoms with Gasteiger partial charge in [-0.15, -0.1) is 0 Å². The second-order valence-electron chi connectivity index (χ2n) is 6.31. The molecule has 1 aromatic heterocycles. The first kappa shape index (κ1) is 20.8. The Labute approximate surface area is 173 Å². The zero-order valence-corrected chi connectivity index (χ0v) is 17.1. The van der Waals surface area contributed by atoms with Crippen molar-refractivity contribution in [3.05, 3.63) is 65.6 Å². The molecule has 2 amide bonds. The topological polar surface area (TPSA) is 99.0 Å². The smallest absolute Gasteiger partial charge is 0.259 e. The number of hydrogen-bond donors (Lipinski definition) is 2. The summed E-state index contributed by atoms with van der Waals surface area (Å²) in [7, 11) is 4.43. The molecule has 0 aliphatic carbocycles. The Bertz CT molecular complexity index is 1060. The van der Waals surface area contributed by atoms with Gasteiger partial charge in [0.15, 0.2) is 11.5 Å². The van der Waals surface area contributed by atoms with Crippen molar-refractivity contribution < 1.29 is 28.2 Å². The lowest BCUT2D eigenvalue weighted by Gasteiger charge is -2.15. The predicted octanol–water partition coefficient (Wildman–Crippen LogP) is 4.12. The number of aryl methyl sites for hydroxylation is 1. The summed E-state index contributed by atoms with van der Waals surface area (Å²) in [5, 5.41) is 5.56. The Hall–Kier alpha value is -3.94. The Morgan fingerprint density at radius 3 is 1.90 bits per heavy atom. The Morgan fingerprint density at radius 1 is 0.800 bits per heavy atom. The molecule has 30 heavy (non-hydrogen) atoms. The molecule has 3 aromatic rings. The van der Waals surface area contributed by atoms with Gasteiger partial charge in [0.05, 0.1) is 32.5 Å². The van der Waals surface area contributed by atoms with Gasteiger partial charge in [-0.2, -0.15) is 0 Å². The summed E-state index contributed by atoms with van der Waals surface area (Å²) in [5.74, 6) is 1.06. The van der Waals surface area contributed by atoms with E-state index in [1.54, 1.807) is 49.4 Å². The monoisotopic (exact) mass is 410 g/mol. The fourth-order valence-corrected chi connectivity index (χ4v) is 2.88. The van der Waals surface area contributed by atoms with Crippen molar-refractivity contribution in [3.63, 3.8) is 0 Å². The molecule has 0 unspecified atom stereocenters. The maximum atomic E-state index is 12.7. The van der Waals surface area contributed by atoms with E-state index < -0.39 is 0 Å². The quantitative estimate of drug-likeness (QED) is 0.608. The van der Waals surface area contributed by atoms with Gasteiger partial charge >= 0.3 is 0 Å². The fraction of sp³-hybridized carbons (Fsp3) is 0.182. The van der Waals surface area contributed by atoms with E-state index in [9.17, 15) is 9.59 Å². The molecule has 0 aliphatic rings. The number of methoxy groups -OCH3 is 3. The zero-order chi connectivity index (χ0) is 21.7. The molecular weight excluding hydrogens is 388 g/mol. The van der Waals surface area contributed by atoms with Gasteiger partial charge in [-0.1, -0.05) is 0 Å². The van der Waals surface area contributed by atoms with E-state index in [-0.39, 0.29) is 17.6 Å². The van der Waals surface area contributed by atoms with E-state index in [4.69, 9.17) is 18.6 Å². The molecule has 0 bridgehead atoms. The van der Waals surface area contributed by atoms with Crippen LogP contribution in [0.4, 0.5) is 11.4 Å². The van der Waals surface area contributed by atoms with Gasteiger partial charge in [-0.3, -0.25) is 9.59 Å². The lowest BCUT2D eigenvalue weighted by Crippen LogP contribution is -2.14. The molecule has 156 valence electrons. The van der Waals surface area contributed by atoms with E-state index in [1.165, 1.54) is 27.6 Å². The van der Waals surface area contributed by atoms with Crippen LogP contribution in [0, 0.1) is 6.92 Å². The highest BCUT2D eigenvalue weighted by Crippen LogP contribution is 2.39. The summed E-state index contributed by atoms with van der Waals surface area (Å²) in [6.45, 7) is 1.77. The van der Waals surface area contributed by atoms with E-state index in [0.717, 1.165) is 0 Å². The van der Waals surface area contributed by atoms with Gasteiger partial charge in [0.2, 0.25) is 5.75 Å². The Kier molecular flexibility index (Phi) is 6.26.